The van der Waals surface area contributed by atoms with Gasteiger partial charge >= 0.3 is 0 Å². The van der Waals surface area contributed by atoms with Gasteiger partial charge in [0.2, 0.25) is 0 Å². The first kappa shape index (κ1) is 16.8. The summed E-state index contributed by atoms with van der Waals surface area (Å²) in [7, 11) is 1.74. The molecule has 1 atom stereocenters. The number of rotatable bonds is 5. The highest BCUT2D eigenvalue weighted by molar-refractivity contribution is 9.10. The zero-order chi connectivity index (χ0) is 15.4. The molecule has 0 radical (unpaired) electrons. The topological polar surface area (TPSA) is 35.2 Å². The lowest BCUT2D eigenvalue weighted by atomic mass is 9.84. The van der Waals surface area contributed by atoms with E-state index in [-0.39, 0.29) is 6.04 Å². The molecule has 0 amide bonds. The predicted molar refractivity (Wildman–Crippen MR) is 92.9 cm³/mol. The molecule has 1 aromatic rings. The number of hydrogen-bond acceptors (Lipinski definition) is 2. The molecule has 2 nitrogen and oxygen atoms in total. The maximum atomic E-state index is 6.53. The first-order chi connectivity index (χ1) is 10.0. The summed E-state index contributed by atoms with van der Waals surface area (Å²) in [6, 6.07) is 2.18. The Morgan fingerprint density at radius 2 is 1.95 bits per heavy atom. The summed E-state index contributed by atoms with van der Waals surface area (Å²) in [6.07, 6.45) is 9.30. The molecule has 1 aliphatic rings. The molecule has 118 valence electrons. The first-order valence-corrected chi connectivity index (χ1v) is 8.93. The second-order valence-electron chi connectivity index (χ2n) is 6.44. The minimum absolute atomic E-state index is 0.0677. The number of hydrogen-bond donors (Lipinski definition) is 1. The number of methoxy groups -OCH3 is 1. The van der Waals surface area contributed by atoms with Crippen LogP contribution in [0.5, 0.6) is 5.75 Å². The molecule has 2 N–H and O–H groups in total. The fourth-order valence-corrected chi connectivity index (χ4v) is 4.19. The number of ether oxygens (including phenoxy) is 1. The van der Waals surface area contributed by atoms with Gasteiger partial charge in [-0.2, -0.15) is 0 Å². The van der Waals surface area contributed by atoms with Crippen LogP contribution in [-0.2, 0) is 0 Å². The molecule has 21 heavy (non-hydrogen) atoms. The molecule has 0 aliphatic heterocycles. The largest absolute Gasteiger partial charge is 0.496 e. The van der Waals surface area contributed by atoms with Crippen LogP contribution >= 0.6 is 15.9 Å². The van der Waals surface area contributed by atoms with Crippen LogP contribution in [0.25, 0.3) is 0 Å². The zero-order valence-corrected chi connectivity index (χ0v) is 15.1. The van der Waals surface area contributed by atoms with Crippen LogP contribution in [-0.4, -0.2) is 7.11 Å². The molecule has 1 aliphatic carbocycles. The van der Waals surface area contributed by atoms with Gasteiger partial charge in [0.1, 0.15) is 5.75 Å². The van der Waals surface area contributed by atoms with Gasteiger partial charge in [-0.25, -0.2) is 0 Å². The van der Waals surface area contributed by atoms with E-state index in [4.69, 9.17) is 10.5 Å². The maximum Gasteiger partial charge on any atom is 0.126 e. The van der Waals surface area contributed by atoms with E-state index in [1.807, 2.05) is 0 Å². The highest BCUT2D eigenvalue weighted by Gasteiger charge is 2.21. The molecule has 1 saturated carbocycles. The van der Waals surface area contributed by atoms with Crippen LogP contribution in [0.4, 0.5) is 0 Å². The summed E-state index contributed by atoms with van der Waals surface area (Å²) in [5.74, 6) is 1.84. The Morgan fingerprint density at radius 3 is 2.57 bits per heavy atom. The quantitative estimate of drug-likeness (QED) is 0.765. The van der Waals surface area contributed by atoms with E-state index in [1.54, 1.807) is 7.11 Å². The van der Waals surface area contributed by atoms with Crippen LogP contribution in [0.1, 0.15) is 67.7 Å². The molecule has 0 spiro atoms. The monoisotopic (exact) mass is 353 g/mol. The lowest BCUT2D eigenvalue weighted by Gasteiger charge is -2.25. The Balaban J connectivity index is 2.12. The number of nitrogens with two attached hydrogens (primary N) is 1. The van der Waals surface area contributed by atoms with Crippen LogP contribution in [0.2, 0.25) is 0 Å². The number of benzene rings is 1. The Hall–Kier alpha value is -0.540. The smallest absolute Gasteiger partial charge is 0.126 e. The van der Waals surface area contributed by atoms with Crippen LogP contribution in [0.3, 0.4) is 0 Å². The minimum atomic E-state index is 0.0677. The van der Waals surface area contributed by atoms with Crippen molar-refractivity contribution in [2.45, 2.75) is 64.8 Å². The van der Waals surface area contributed by atoms with E-state index < -0.39 is 0 Å². The summed E-state index contributed by atoms with van der Waals surface area (Å²) in [5, 5.41) is 0. The standard InChI is InChI=1S/C18H28BrNO/c1-12-11-15(19)13(2)17(18(12)21-3)16(20)10-9-14-7-5-4-6-8-14/h11,14,16H,4-10,20H2,1-3H3. The molecule has 0 saturated heterocycles. The Labute approximate surface area is 137 Å². The zero-order valence-electron chi connectivity index (χ0n) is 13.5. The van der Waals surface area contributed by atoms with Crippen molar-refractivity contribution in [2.75, 3.05) is 7.11 Å². The van der Waals surface area contributed by atoms with Crippen molar-refractivity contribution in [1.29, 1.82) is 0 Å². The van der Waals surface area contributed by atoms with Gasteiger partial charge in [0.15, 0.2) is 0 Å². The lowest BCUT2D eigenvalue weighted by molar-refractivity contribution is 0.321. The maximum absolute atomic E-state index is 6.53. The summed E-state index contributed by atoms with van der Waals surface area (Å²) in [6.45, 7) is 4.21. The van der Waals surface area contributed by atoms with Crippen molar-refractivity contribution in [3.63, 3.8) is 0 Å². The van der Waals surface area contributed by atoms with Crippen molar-refractivity contribution >= 4 is 15.9 Å². The van der Waals surface area contributed by atoms with Crippen molar-refractivity contribution in [3.05, 3.63) is 27.2 Å². The van der Waals surface area contributed by atoms with Gasteiger partial charge in [0, 0.05) is 16.1 Å². The third kappa shape index (κ3) is 4.01. The average Bonchev–Trinajstić information content (AvgIpc) is 2.49. The molecule has 1 aromatic carbocycles. The second kappa shape index (κ2) is 7.64. The van der Waals surface area contributed by atoms with Gasteiger partial charge in [-0.05, 0) is 49.8 Å². The van der Waals surface area contributed by atoms with Crippen molar-refractivity contribution in [3.8, 4) is 5.75 Å². The van der Waals surface area contributed by atoms with Gasteiger partial charge < -0.3 is 10.5 Å². The van der Waals surface area contributed by atoms with Gasteiger partial charge in [-0.1, -0.05) is 48.0 Å². The molecule has 1 fully saturated rings. The summed E-state index contributed by atoms with van der Waals surface area (Å²) >= 11 is 3.65. The Morgan fingerprint density at radius 1 is 1.29 bits per heavy atom. The molecular weight excluding hydrogens is 326 g/mol. The first-order valence-electron chi connectivity index (χ1n) is 8.13. The molecular formula is C18H28BrNO. The molecule has 1 unspecified atom stereocenters. The third-order valence-corrected chi connectivity index (χ3v) is 5.72. The normalized spacial score (nSPS) is 17.8. The van der Waals surface area contributed by atoms with Crippen LogP contribution in [0, 0.1) is 19.8 Å². The van der Waals surface area contributed by atoms with Gasteiger partial charge in [-0.15, -0.1) is 0 Å². The number of aryl methyl sites for hydroxylation is 1. The van der Waals surface area contributed by atoms with E-state index in [2.05, 4.69) is 35.8 Å². The molecule has 0 heterocycles. The molecule has 0 bridgehead atoms. The van der Waals surface area contributed by atoms with E-state index in [9.17, 15) is 0 Å². The SMILES string of the molecule is COc1c(C)cc(Br)c(C)c1C(N)CCC1CCCCC1. The van der Waals surface area contributed by atoms with Crippen molar-refractivity contribution in [2.24, 2.45) is 11.7 Å². The van der Waals surface area contributed by atoms with E-state index in [0.717, 1.165) is 28.1 Å². The Kier molecular flexibility index (Phi) is 6.12. The lowest BCUT2D eigenvalue weighted by Crippen LogP contribution is -2.16. The predicted octanol–water partition coefficient (Wildman–Crippen LogP) is 5.43. The second-order valence-corrected chi connectivity index (χ2v) is 7.29. The number of halogens is 1. The van der Waals surface area contributed by atoms with Gasteiger partial charge in [0.25, 0.3) is 0 Å². The average molecular weight is 354 g/mol. The van der Waals surface area contributed by atoms with Gasteiger partial charge in [-0.3, -0.25) is 0 Å². The van der Waals surface area contributed by atoms with E-state index >= 15 is 0 Å². The summed E-state index contributed by atoms with van der Waals surface area (Å²) in [5.41, 5.74) is 10.1. The Bertz CT molecular complexity index is 481. The van der Waals surface area contributed by atoms with Crippen LogP contribution < -0.4 is 10.5 Å². The molecule has 0 aromatic heterocycles. The summed E-state index contributed by atoms with van der Waals surface area (Å²) < 4.78 is 6.75. The molecule has 3 heteroatoms. The highest BCUT2D eigenvalue weighted by Crippen LogP contribution is 2.38. The van der Waals surface area contributed by atoms with Crippen molar-refractivity contribution < 1.29 is 4.74 Å². The minimum Gasteiger partial charge on any atom is -0.496 e. The fourth-order valence-electron chi connectivity index (χ4n) is 3.63. The van der Waals surface area contributed by atoms with Gasteiger partial charge in [0.05, 0.1) is 7.11 Å². The van der Waals surface area contributed by atoms with E-state index in [0.29, 0.717) is 0 Å². The third-order valence-electron chi connectivity index (χ3n) is 4.89. The van der Waals surface area contributed by atoms with Crippen LogP contribution in [0.15, 0.2) is 10.5 Å². The molecule has 2 rings (SSSR count). The van der Waals surface area contributed by atoms with E-state index in [1.165, 1.54) is 49.7 Å². The summed E-state index contributed by atoms with van der Waals surface area (Å²) in [4.78, 5) is 0. The highest BCUT2D eigenvalue weighted by atomic mass is 79.9. The fraction of sp³-hybridized carbons (Fsp3) is 0.667. The van der Waals surface area contributed by atoms with Crippen molar-refractivity contribution in [1.82, 2.24) is 0 Å².